The second-order valence-corrected chi connectivity index (χ2v) is 6.52. The van der Waals surface area contributed by atoms with Crippen molar-refractivity contribution in [1.82, 2.24) is 10.2 Å². The van der Waals surface area contributed by atoms with E-state index in [0.29, 0.717) is 43.6 Å². The minimum absolute atomic E-state index is 0.194. The number of rotatable bonds is 6. The number of hydrogen-bond donors (Lipinski definition) is 2. The van der Waals surface area contributed by atoms with E-state index in [0.717, 1.165) is 0 Å². The monoisotopic (exact) mass is 346 g/mol. The van der Waals surface area contributed by atoms with E-state index in [1.165, 1.54) is 4.90 Å². The average molecular weight is 346 g/mol. The molecule has 0 aromatic heterocycles. The van der Waals surface area contributed by atoms with Crippen molar-refractivity contribution in [2.45, 2.75) is 31.3 Å². The van der Waals surface area contributed by atoms with E-state index in [-0.39, 0.29) is 37.2 Å². The Morgan fingerprint density at radius 2 is 1.76 bits per heavy atom. The van der Waals surface area contributed by atoms with Crippen LogP contribution in [0, 0.1) is 0 Å². The van der Waals surface area contributed by atoms with Gasteiger partial charge in [-0.3, -0.25) is 19.3 Å². The van der Waals surface area contributed by atoms with Gasteiger partial charge in [-0.25, -0.2) is 0 Å². The lowest BCUT2D eigenvalue weighted by Gasteiger charge is -2.32. The summed E-state index contributed by atoms with van der Waals surface area (Å²) in [5.41, 5.74) is -0.0754. The van der Waals surface area contributed by atoms with Gasteiger partial charge in [0.05, 0.1) is 16.7 Å². The molecule has 1 saturated heterocycles. The molecule has 0 aliphatic carbocycles. The van der Waals surface area contributed by atoms with Crippen molar-refractivity contribution in [2.24, 2.45) is 0 Å². The summed E-state index contributed by atoms with van der Waals surface area (Å²) in [6.45, 7) is 1.39. The van der Waals surface area contributed by atoms with Crippen LogP contribution >= 0.6 is 0 Å². The summed E-state index contributed by atoms with van der Waals surface area (Å²) in [5, 5.41) is 13.0. The van der Waals surface area contributed by atoms with Crippen molar-refractivity contribution in [3.8, 4) is 0 Å². The van der Waals surface area contributed by atoms with Crippen LogP contribution < -0.4 is 5.32 Å². The maximum Gasteiger partial charge on any atom is 0.261 e. The van der Waals surface area contributed by atoms with Crippen LogP contribution in [-0.4, -0.2) is 59.6 Å². The van der Waals surface area contributed by atoms with Gasteiger partial charge in [0.2, 0.25) is 5.91 Å². The van der Waals surface area contributed by atoms with Crippen molar-refractivity contribution in [2.75, 3.05) is 26.3 Å². The predicted molar refractivity (Wildman–Crippen MR) is 89.1 cm³/mol. The predicted octanol–water partition coefficient (Wildman–Crippen LogP) is 0.720. The highest BCUT2D eigenvalue weighted by Gasteiger charge is 2.34. The summed E-state index contributed by atoms with van der Waals surface area (Å²) in [5.74, 6) is -0.813. The van der Waals surface area contributed by atoms with E-state index in [1.54, 1.807) is 24.3 Å². The van der Waals surface area contributed by atoms with Crippen LogP contribution in [0.5, 0.6) is 0 Å². The molecule has 2 heterocycles. The number of carbonyl (C=O) groups is 3. The van der Waals surface area contributed by atoms with Crippen molar-refractivity contribution < 1.29 is 24.2 Å². The molecule has 2 aliphatic rings. The number of nitrogens with zero attached hydrogens (tertiary/aromatic N) is 1. The molecule has 1 aromatic carbocycles. The van der Waals surface area contributed by atoms with Gasteiger partial charge in [-0.05, 0) is 18.6 Å². The SMILES string of the molecule is O=C(CCCN1C(=O)c2ccccc2C1=O)NCC1(O)CCOCC1. The number of fused-ring (bicyclic) bond motifs is 1. The normalized spacial score (nSPS) is 19.0. The third kappa shape index (κ3) is 3.88. The average Bonchev–Trinajstić information content (AvgIpc) is 2.86. The number of ether oxygens (including phenoxy) is 1. The Kier molecular flexibility index (Phi) is 5.15. The number of amides is 3. The molecule has 25 heavy (non-hydrogen) atoms. The Bertz CT molecular complexity index is 647. The zero-order valence-corrected chi connectivity index (χ0v) is 14.0. The molecule has 0 saturated carbocycles. The summed E-state index contributed by atoms with van der Waals surface area (Å²) in [6, 6.07) is 6.72. The first kappa shape index (κ1) is 17.6. The molecule has 0 radical (unpaired) electrons. The fourth-order valence-electron chi connectivity index (χ4n) is 3.12. The minimum atomic E-state index is -0.906. The van der Waals surface area contributed by atoms with Crippen molar-refractivity contribution in [3.63, 3.8) is 0 Å². The Morgan fingerprint density at radius 3 is 2.36 bits per heavy atom. The molecule has 134 valence electrons. The Labute approximate surface area is 146 Å². The second-order valence-electron chi connectivity index (χ2n) is 6.52. The van der Waals surface area contributed by atoms with Crippen LogP contribution in [0.2, 0.25) is 0 Å². The van der Waals surface area contributed by atoms with E-state index >= 15 is 0 Å². The minimum Gasteiger partial charge on any atom is -0.388 e. The van der Waals surface area contributed by atoms with Crippen LogP contribution in [0.15, 0.2) is 24.3 Å². The van der Waals surface area contributed by atoms with E-state index < -0.39 is 5.60 Å². The lowest BCUT2D eigenvalue weighted by atomic mass is 9.94. The van der Waals surface area contributed by atoms with Crippen molar-refractivity contribution in [3.05, 3.63) is 35.4 Å². The molecule has 2 aliphatic heterocycles. The largest absolute Gasteiger partial charge is 0.388 e. The molecule has 0 spiro atoms. The van der Waals surface area contributed by atoms with E-state index in [1.807, 2.05) is 0 Å². The molecule has 3 amide bonds. The van der Waals surface area contributed by atoms with E-state index in [2.05, 4.69) is 5.32 Å². The first-order valence-electron chi connectivity index (χ1n) is 8.52. The van der Waals surface area contributed by atoms with Gasteiger partial charge in [0.1, 0.15) is 0 Å². The summed E-state index contributed by atoms with van der Waals surface area (Å²) < 4.78 is 5.20. The zero-order chi connectivity index (χ0) is 17.9. The number of benzene rings is 1. The Balaban J connectivity index is 1.43. The second kappa shape index (κ2) is 7.33. The zero-order valence-electron chi connectivity index (χ0n) is 14.0. The maximum atomic E-state index is 12.2. The molecule has 7 heteroatoms. The molecule has 1 aromatic rings. The molecular formula is C18H22N2O5. The first-order valence-corrected chi connectivity index (χ1v) is 8.52. The molecule has 0 bridgehead atoms. The number of aliphatic hydroxyl groups is 1. The van der Waals surface area contributed by atoms with Crippen molar-refractivity contribution >= 4 is 17.7 Å². The van der Waals surface area contributed by atoms with Crippen LogP contribution in [0.4, 0.5) is 0 Å². The smallest absolute Gasteiger partial charge is 0.261 e. The molecule has 0 unspecified atom stereocenters. The summed E-state index contributed by atoms with van der Waals surface area (Å²) >= 11 is 0. The summed E-state index contributed by atoms with van der Waals surface area (Å²) in [4.78, 5) is 37.6. The molecule has 0 atom stereocenters. The van der Waals surface area contributed by atoms with Gasteiger partial charge in [0.15, 0.2) is 0 Å². The van der Waals surface area contributed by atoms with Gasteiger partial charge in [0.25, 0.3) is 11.8 Å². The molecule has 2 N–H and O–H groups in total. The van der Waals surface area contributed by atoms with Gasteiger partial charge >= 0.3 is 0 Å². The molecule has 7 nitrogen and oxygen atoms in total. The van der Waals surface area contributed by atoms with Gasteiger partial charge < -0.3 is 15.2 Å². The van der Waals surface area contributed by atoms with Crippen LogP contribution in [0.3, 0.4) is 0 Å². The quantitative estimate of drug-likeness (QED) is 0.740. The maximum absolute atomic E-state index is 12.2. The molecular weight excluding hydrogens is 324 g/mol. The van der Waals surface area contributed by atoms with Crippen LogP contribution in [0.25, 0.3) is 0 Å². The molecule has 1 fully saturated rings. The number of imide groups is 1. The third-order valence-corrected chi connectivity index (χ3v) is 4.70. The highest BCUT2D eigenvalue weighted by atomic mass is 16.5. The lowest BCUT2D eigenvalue weighted by Crippen LogP contribution is -2.46. The third-order valence-electron chi connectivity index (χ3n) is 4.70. The molecule has 3 rings (SSSR count). The van der Waals surface area contributed by atoms with Crippen LogP contribution in [0.1, 0.15) is 46.4 Å². The highest BCUT2D eigenvalue weighted by molar-refractivity contribution is 6.21. The fourth-order valence-corrected chi connectivity index (χ4v) is 3.12. The topological polar surface area (TPSA) is 95.9 Å². The Hall–Kier alpha value is -2.25. The Morgan fingerprint density at radius 1 is 1.16 bits per heavy atom. The number of hydrogen-bond acceptors (Lipinski definition) is 5. The number of nitrogens with one attached hydrogen (secondary N) is 1. The van der Waals surface area contributed by atoms with Crippen molar-refractivity contribution in [1.29, 1.82) is 0 Å². The van der Waals surface area contributed by atoms with Gasteiger partial charge in [-0.1, -0.05) is 12.1 Å². The van der Waals surface area contributed by atoms with E-state index in [4.69, 9.17) is 4.74 Å². The van der Waals surface area contributed by atoms with Gasteiger partial charge in [0, 0.05) is 45.6 Å². The standard InChI is InChI=1S/C18H22N2O5/c21-15(19-12-18(24)7-10-25-11-8-18)6-3-9-20-16(22)13-4-1-2-5-14(13)17(20)23/h1-2,4-5,24H,3,6-12H2,(H,19,21). The first-order chi connectivity index (χ1) is 12.0. The highest BCUT2D eigenvalue weighted by Crippen LogP contribution is 2.23. The lowest BCUT2D eigenvalue weighted by molar-refractivity contribution is -0.124. The van der Waals surface area contributed by atoms with Crippen LogP contribution in [-0.2, 0) is 9.53 Å². The van der Waals surface area contributed by atoms with E-state index in [9.17, 15) is 19.5 Å². The summed E-state index contributed by atoms with van der Waals surface area (Å²) in [7, 11) is 0. The van der Waals surface area contributed by atoms with Gasteiger partial charge in [-0.2, -0.15) is 0 Å². The fraction of sp³-hybridized carbons (Fsp3) is 0.500. The number of carbonyl (C=O) groups excluding carboxylic acids is 3. The van der Waals surface area contributed by atoms with Gasteiger partial charge in [-0.15, -0.1) is 0 Å². The summed E-state index contributed by atoms with van der Waals surface area (Å²) in [6.07, 6.45) is 1.59.